The number of H-pyrrole nitrogens is 1. The van der Waals surface area contributed by atoms with Crippen LogP contribution in [-0.4, -0.2) is 125 Å². The molecule has 1 spiro atoms. The Bertz CT molecular complexity index is 2290. The smallest absolute Gasteiger partial charge is 0.322 e. The normalized spacial score (nSPS) is 36.7. The van der Waals surface area contributed by atoms with Crippen molar-refractivity contribution in [3.05, 3.63) is 70.9 Å². The molecule has 9 rings (SSSR count). The molecule has 17 heteroatoms. The number of aromatic nitrogens is 1. The monoisotopic (exact) mass is 848 g/mol. The van der Waals surface area contributed by atoms with Gasteiger partial charge in [-0.25, -0.2) is 0 Å². The van der Waals surface area contributed by atoms with Crippen molar-refractivity contribution in [2.24, 2.45) is 17.1 Å². The van der Waals surface area contributed by atoms with Crippen molar-refractivity contribution in [2.75, 3.05) is 58.9 Å². The highest BCUT2D eigenvalue weighted by Crippen LogP contribution is 2.67. The second-order valence-corrected chi connectivity index (χ2v) is 18.8. The zero-order chi connectivity index (χ0) is 43.4. The number of rotatable bonds is 6. The number of fused-ring (bicyclic) bond motifs is 6. The third-order valence-electron chi connectivity index (χ3n) is 15.2. The lowest BCUT2D eigenvalue weighted by Crippen LogP contribution is -2.81. The first-order valence-electron chi connectivity index (χ1n) is 20.7. The molecule has 3 fully saturated rings. The summed E-state index contributed by atoms with van der Waals surface area (Å²) in [5.41, 5.74) is 4.72. The van der Waals surface area contributed by atoms with Gasteiger partial charge in [0.15, 0.2) is 5.60 Å². The van der Waals surface area contributed by atoms with E-state index in [0.717, 1.165) is 46.5 Å². The van der Waals surface area contributed by atoms with Gasteiger partial charge in [0, 0.05) is 84.0 Å². The summed E-state index contributed by atoms with van der Waals surface area (Å²) in [5, 5.41) is 38.0. The van der Waals surface area contributed by atoms with E-state index in [2.05, 4.69) is 26.9 Å². The highest BCUT2D eigenvalue weighted by Gasteiger charge is 2.78. The maximum atomic E-state index is 15.2. The number of aliphatic hydroxyl groups is 3. The van der Waals surface area contributed by atoms with Crippen LogP contribution in [0.2, 0.25) is 0 Å². The number of amides is 1. The van der Waals surface area contributed by atoms with Gasteiger partial charge in [-0.2, -0.15) is 7.82 Å². The van der Waals surface area contributed by atoms with Gasteiger partial charge in [-0.15, -0.1) is 0 Å². The number of piperidine rings is 1. The maximum Gasteiger partial charge on any atom is 0.322 e. The van der Waals surface area contributed by atoms with Gasteiger partial charge in [0.05, 0.1) is 25.9 Å². The van der Waals surface area contributed by atoms with Gasteiger partial charge in [0.2, 0.25) is 0 Å². The fourth-order valence-electron chi connectivity index (χ4n) is 13.1. The average Bonchev–Trinajstić information content (AvgIpc) is 3.87. The fourth-order valence-corrected chi connectivity index (χ4v) is 13.1. The van der Waals surface area contributed by atoms with Gasteiger partial charge < -0.3 is 59.7 Å². The molecule has 1 unspecified atom stereocenters. The van der Waals surface area contributed by atoms with Gasteiger partial charge in [0.1, 0.15) is 17.3 Å². The third kappa shape index (κ3) is 5.97. The predicted octanol–water partition coefficient (Wildman–Crippen LogP) is -0.0922. The van der Waals surface area contributed by atoms with Gasteiger partial charge in [-0.3, -0.25) is 19.4 Å². The Balaban J connectivity index is 0.000000943. The zero-order valence-corrected chi connectivity index (χ0v) is 35.6. The highest BCUT2D eigenvalue weighted by atomic mass is 31.2. The molecule has 1 amide bonds. The minimum atomic E-state index is -5.39. The summed E-state index contributed by atoms with van der Waals surface area (Å²) in [4.78, 5) is 64.9. The van der Waals surface area contributed by atoms with Crippen LogP contribution in [0.4, 0.5) is 5.69 Å². The Morgan fingerprint density at radius 1 is 1.03 bits per heavy atom. The number of nitrogens with one attached hydrogen (secondary N) is 1. The molecule has 6 aliphatic rings. The predicted molar refractivity (Wildman–Crippen MR) is 216 cm³/mol. The Morgan fingerprint density at radius 3 is 2.40 bits per heavy atom. The molecule has 1 aromatic heterocycles. The van der Waals surface area contributed by atoms with Gasteiger partial charge in [-0.1, -0.05) is 44.2 Å². The number of para-hydroxylation sites is 1. The van der Waals surface area contributed by atoms with Gasteiger partial charge in [-0.05, 0) is 74.2 Å². The number of nitrogens with two attached hydrogens (primary N) is 1. The van der Waals surface area contributed by atoms with E-state index >= 15 is 4.79 Å². The number of anilines is 1. The van der Waals surface area contributed by atoms with Crippen molar-refractivity contribution >= 4 is 36.3 Å². The zero-order valence-electron chi connectivity index (χ0n) is 34.7. The molecule has 2 bridgehead atoms. The molecule has 0 radical (unpaired) electrons. The van der Waals surface area contributed by atoms with Crippen LogP contribution in [0.3, 0.4) is 0 Å². The average molecular weight is 849 g/mol. The summed E-state index contributed by atoms with van der Waals surface area (Å²) >= 11 is 0. The van der Waals surface area contributed by atoms with Crippen LogP contribution in [0, 0.1) is 11.3 Å². The van der Waals surface area contributed by atoms with Crippen LogP contribution in [0.1, 0.15) is 68.3 Å². The molecule has 16 nitrogen and oxygen atoms in total. The van der Waals surface area contributed by atoms with Crippen molar-refractivity contribution in [3.63, 3.8) is 0 Å². The fraction of sp³-hybridized carbons (Fsp3) is 0.581. The van der Waals surface area contributed by atoms with Crippen LogP contribution in [0.15, 0.2) is 48.6 Å². The lowest BCUT2D eigenvalue weighted by Gasteiger charge is -2.63. The number of ether oxygens (including phenoxy) is 2. The minimum Gasteiger partial charge on any atom is -0.822 e. The van der Waals surface area contributed by atoms with Crippen molar-refractivity contribution in [1.29, 1.82) is 0 Å². The molecule has 10 atom stereocenters. The number of benzene rings is 2. The molecule has 60 heavy (non-hydrogen) atoms. The summed E-state index contributed by atoms with van der Waals surface area (Å²) in [6, 6.07) is 11.0. The summed E-state index contributed by atoms with van der Waals surface area (Å²) < 4.78 is 20.8. The van der Waals surface area contributed by atoms with Crippen LogP contribution < -0.4 is 30.1 Å². The number of aliphatic hydroxyl groups excluding tert-OH is 1. The highest BCUT2D eigenvalue weighted by molar-refractivity contribution is 7.40. The topological polar surface area (TPSA) is 251 Å². The summed E-state index contributed by atoms with van der Waals surface area (Å²) in [5.74, 6) is -1.00. The number of likely N-dealkylation sites (N-methyl/N-ethyl adjacent to an activating group) is 1. The standard InChI is InChI=1S/C43H55N5O7.H3O4P/c1-6-39(52)21-25-22-42(38(51)55-5,33-27(13-17-47(23-25)24-39)26-11-8-9-12-30(26)45-33)29-19-28-31(20-32(29)54-4)46(3)35-41(28)15-18-48-16-10-14-40(7-2,34(41)48)36(49)43(35,53)37(44)50;1-5(2,3)4/h8-12,14,19-20,25,34-36,45,49,52-53H,6-7,13,15-18,21-24H2,1-5H3,(H2,44,50);(H3,1,2,3,4)/p-3/t25-,34+,35-,36-,39+,40-,41-,42+,43+;/m1./s1. The van der Waals surface area contributed by atoms with E-state index in [4.69, 9.17) is 34.5 Å². The quantitative estimate of drug-likeness (QED) is 0.124. The number of hydrogen-bond acceptors (Lipinski definition) is 14. The number of esters is 1. The molecule has 1 saturated carbocycles. The van der Waals surface area contributed by atoms with Crippen molar-refractivity contribution in [1.82, 2.24) is 14.8 Å². The second kappa shape index (κ2) is 14.6. The number of carbonyl (C=O) groups is 2. The number of aromatic amines is 1. The summed E-state index contributed by atoms with van der Waals surface area (Å²) in [6.45, 7) is 7.39. The van der Waals surface area contributed by atoms with E-state index < -0.39 is 59.3 Å². The molecule has 6 N–H and O–H groups in total. The maximum absolute atomic E-state index is 15.2. The Labute approximate surface area is 349 Å². The van der Waals surface area contributed by atoms with Gasteiger partial charge >= 0.3 is 5.97 Å². The summed E-state index contributed by atoms with van der Waals surface area (Å²) in [6.07, 6.45) is 5.78. The van der Waals surface area contributed by atoms with Crippen LogP contribution >= 0.6 is 7.82 Å². The van der Waals surface area contributed by atoms with E-state index in [1.165, 1.54) is 7.11 Å². The first-order chi connectivity index (χ1) is 28.3. The molecular weight excluding hydrogens is 793 g/mol. The lowest BCUT2D eigenvalue weighted by atomic mass is 9.47. The second-order valence-electron chi connectivity index (χ2n) is 17.9. The minimum absolute atomic E-state index is 0.0790. The molecule has 2 saturated heterocycles. The molecular formula is C43H55N5O11P-3. The molecule has 1 aliphatic carbocycles. The number of methoxy groups -OCH3 is 2. The first kappa shape index (κ1) is 42.8. The van der Waals surface area contributed by atoms with Crippen LogP contribution in [0.5, 0.6) is 5.75 Å². The number of primary amides is 1. The largest absolute Gasteiger partial charge is 0.822 e. The Kier molecular flexibility index (Phi) is 10.5. The van der Waals surface area contributed by atoms with Crippen molar-refractivity contribution in [3.8, 4) is 5.75 Å². The molecule has 6 heterocycles. The number of carbonyl (C=O) groups excluding carboxylic acids is 2. The Morgan fingerprint density at radius 2 is 1.75 bits per heavy atom. The van der Waals surface area contributed by atoms with Crippen molar-refractivity contribution in [2.45, 2.75) is 92.6 Å². The first-order valence-corrected chi connectivity index (χ1v) is 22.2. The Hall–Kier alpha value is -3.83. The van der Waals surface area contributed by atoms with E-state index in [0.29, 0.717) is 69.5 Å². The van der Waals surface area contributed by atoms with E-state index in [1.54, 1.807) is 7.11 Å². The molecule has 2 aromatic carbocycles. The van der Waals surface area contributed by atoms with E-state index in [1.807, 2.05) is 62.2 Å². The van der Waals surface area contributed by atoms with Gasteiger partial charge in [0.25, 0.3) is 5.91 Å². The lowest BCUT2D eigenvalue weighted by molar-refractivity contribution is -0.432. The number of phosphoric acid groups is 1. The van der Waals surface area contributed by atoms with Crippen LogP contribution in [-0.2, 0) is 36.1 Å². The van der Waals surface area contributed by atoms with E-state index in [9.17, 15) is 20.1 Å². The summed E-state index contributed by atoms with van der Waals surface area (Å²) in [7, 11) is -0.498. The van der Waals surface area contributed by atoms with E-state index in [-0.39, 0.29) is 12.0 Å². The molecule has 5 aliphatic heterocycles. The number of hydrogen-bond donors (Lipinski definition) is 5. The van der Waals surface area contributed by atoms with Crippen LogP contribution in [0.25, 0.3) is 10.9 Å². The molecule has 3 aromatic rings. The van der Waals surface area contributed by atoms with Crippen molar-refractivity contribution < 1.29 is 53.6 Å². The third-order valence-corrected chi connectivity index (χ3v) is 15.2. The number of nitrogens with zero attached hydrogens (tertiary/aromatic N) is 3. The molecule has 326 valence electrons. The SMILES string of the molecule is CC[C@]1(O)C[C@H]2CN(CCc3c([nH]c4ccccc34)[C@@](C(=O)OC)(c3cc4c(cc3OC)N(C)[C@H]3[C@@](O)(C(N)=O)[C@H](O)[C@]5(CC)C=CCN6CC[C@]43[C@@H]65)C2)C1.O=P([O-])([O-])[O-].